The second-order valence-electron chi connectivity index (χ2n) is 5.99. The van der Waals surface area contributed by atoms with Crippen molar-refractivity contribution in [2.45, 2.75) is 39.0 Å². The summed E-state index contributed by atoms with van der Waals surface area (Å²) in [5.41, 5.74) is 1.91. The van der Waals surface area contributed by atoms with Crippen molar-refractivity contribution in [3.8, 4) is 0 Å². The predicted octanol–water partition coefficient (Wildman–Crippen LogP) is 2.75. The number of halogens is 1. The summed E-state index contributed by atoms with van der Waals surface area (Å²) in [5.74, 6) is 0.538. The third-order valence-corrected chi connectivity index (χ3v) is 4.25. The number of piperidine rings is 1. The van der Waals surface area contributed by atoms with Crippen molar-refractivity contribution in [2.75, 3.05) is 19.6 Å². The van der Waals surface area contributed by atoms with Gasteiger partial charge < -0.3 is 10.6 Å². The first-order chi connectivity index (χ1) is 10.7. The van der Waals surface area contributed by atoms with E-state index in [1.165, 1.54) is 12.0 Å². The van der Waals surface area contributed by atoms with Gasteiger partial charge in [-0.3, -0.25) is 9.59 Å². The Labute approximate surface area is 144 Å². The molecule has 1 unspecified atom stereocenters. The molecule has 0 saturated carbocycles. The minimum atomic E-state index is -0.0240. The van der Waals surface area contributed by atoms with Crippen molar-refractivity contribution in [2.24, 2.45) is 5.92 Å². The molecule has 0 aliphatic carbocycles. The van der Waals surface area contributed by atoms with Crippen molar-refractivity contribution >= 4 is 24.1 Å². The summed E-state index contributed by atoms with van der Waals surface area (Å²) in [4.78, 5) is 23.9. The van der Waals surface area contributed by atoms with Gasteiger partial charge in [0.15, 0.2) is 5.78 Å². The van der Waals surface area contributed by atoms with E-state index in [9.17, 15) is 9.59 Å². The van der Waals surface area contributed by atoms with Crippen molar-refractivity contribution in [1.82, 2.24) is 10.6 Å². The number of rotatable bonds is 7. The molecule has 1 amide bonds. The molecule has 2 rings (SSSR count). The Bertz CT molecular complexity index is 496. The second-order valence-corrected chi connectivity index (χ2v) is 5.99. The van der Waals surface area contributed by atoms with Crippen LogP contribution in [0.2, 0.25) is 0 Å². The maximum Gasteiger partial charge on any atom is 0.220 e. The van der Waals surface area contributed by atoms with E-state index in [0.717, 1.165) is 25.9 Å². The number of benzene rings is 1. The summed E-state index contributed by atoms with van der Waals surface area (Å²) in [7, 11) is 0. The first-order valence-corrected chi connectivity index (χ1v) is 8.28. The SMILES string of the molecule is CCc1ccc(C(=O)CCC(=O)NCC2CCCNC2)cc1.Cl. The molecule has 5 heteroatoms. The van der Waals surface area contributed by atoms with Crippen molar-refractivity contribution in [3.05, 3.63) is 35.4 Å². The van der Waals surface area contributed by atoms with E-state index in [0.29, 0.717) is 18.0 Å². The second kappa shape index (κ2) is 10.4. The van der Waals surface area contributed by atoms with E-state index in [1.54, 1.807) is 0 Å². The van der Waals surface area contributed by atoms with Gasteiger partial charge in [0.05, 0.1) is 0 Å². The van der Waals surface area contributed by atoms with E-state index in [1.807, 2.05) is 24.3 Å². The fourth-order valence-corrected chi connectivity index (χ4v) is 2.74. The van der Waals surface area contributed by atoms with Crippen LogP contribution in [-0.4, -0.2) is 31.3 Å². The molecule has 1 saturated heterocycles. The molecule has 1 aromatic carbocycles. The van der Waals surface area contributed by atoms with Gasteiger partial charge in [-0.15, -0.1) is 12.4 Å². The molecule has 23 heavy (non-hydrogen) atoms. The van der Waals surface area contributed by atoms with E-state index < -0.39 is 0 Å². The number of Topliss-reactive ketones (excluding diaryl/α,β-unsaturated/α-hetero) is 1. The smallest absolute Gasteiger partial charge is 0.220 e. The summed E-state index contributed by atoms with van der Waals surface area (Å²) >= 11 is 0. The van der Waals surface area contributed by atoms with Crippen LogP contribution >= 0.6 is 12.4 Å². The molecule has 1 fully saturated rings. The predicted molar refractivity (Wildman–Crippen MR) is 95.2 cm³/mol. The Balaban J connectivity index is 0.00000264. The Morgan fingerprint density at radius 3 is 2.57 bits per heavy atom. The Morgan fingerprint density at radius 2 is 1.96 bits per heavy atom. The van der Waals surface area contributed by atoms with Gasteiger partial charge in [-0.25, -0.2) is 0 Å². The lowest BCUT2D eigenvalue weighted by molar-refractivity contribution is -0.121. The van der Waals surface area contributed by atoms with Gasteiger partial charge in [0.2, 0.25) is 5.91 Å². The Hall–Kier alpha value is -1.39. The highest BCUT2D eigenvalue weighted by molar-refractivity contribution is 5.97. The summed E-state index contributed by atoms with van der Waals surface area (Å²) in [5, 5.41) is 6.28. The van der Waals surface area contributed by atoms with Gasteiger partial charge in [-0.05, 0) is 43.8 Å². The zero-order valence-corrected chi connectivity index (χ0v) is 14.6. The first-order valence-electron chi connectivity index (χ1n) is 8.28. The van der Waals surface area contributed by atoms with E-state index in [4.69, 9.17) is 0 Å². The molecule has 1 aliphatic heterocycles. The van der Waals surface area contributed by atoms with Crippen LogP contribution in [0, 0.1) is 5.92 Å². The maximum absolute atomic E-state index is 12.1. The number of hydrogen-bond acceptors (Lipinski definition) is 3. The molecule has 128 valence electrons. The lowest BCUT2D eigenvalue weighted by Crippen LogP contribution is -2.38. The number of carbonyl (C=O) groups excluding carboxylic acids is 2. The van der Waals surface area contributed by atoms with Crippen LogP contribution in [0.15, 0.2) is 24.3 Å². The third kappa shape index (κ3) is 6.71. The number of ketones is 1. The molecule has 4 nitrogen and oxygen atoms in total. The molecule has 1 heterocycles. The van der Waals surface area contributed by atoms with E-state index in [-0.39, 0.29) is 36.9 Å². The van der Waals surface area contributed by atoms with Gasteiger partial charge >= 0.3 is 0 Å². The zero-order valence-electron chi connectivity index (χ0n) is 13.8. The van der Waals surface area contributed by atoms with Gasteiger partial charge in [-0.2, -0.15) is 0 Å². The average Bonchev–Trinajstić information content (AvgIpc) is 2.58. The van der Waals surface area contributed by atoms with Gasteiger partial charge in [-0.1, -0.05) is 31.2 Å². The van der Waals surface area contributed by atoms with Crippen LogP contribution in [0.4, 0.5) is 0 Å². The first kappa shape index (κ1) is 19.7. The minimum Gasteiger partial charge on any atom is -0.356 e. The number of hydrogen-bond donors (Lipinski definition) is 2. The molecule has 2 N–H and O–H groups in total. The standard InChI is InChI=1S/C18H26N2O2.ClH/c1-2-14-5-7-16(8-6-14)17(21)9-10-18(22)20-13-15-4-3-11-19-12-15;/h5-8,15,19H,2-4,9-13H2,1H3,(H,20,22);1H. The highest BCUT2D eigenvalue weighted by Gasteiger charge is 2.14. The Kier molecular flexibility index (Phi) is 8.89. The molecular weight excluding hydrogens is 312 g/mol. The van der Waals surface area contributed by atoms with E-state index in [2.05, 4.69) is 17.6 Å². The fraction of sp³-hybridized carbons (Fsp3) is 0.556. The zero-order chi connectivity index (χ0) is 15.8. The fourth-order valence-electron chi connectivity index (χ4n) is 2.74. The van der Waals surface area contributed by atoms with Crippen molar-refractivity contribution < 1.29 is 9.59 Å². The minimum absolute atomic E-state index is 0. The summed E-state index contributed by atoms with van der Waals surface area (Å²) in [6, 6.07) is 7.66. The highest BCUT2D eigenvalue weighted by atomic mass is 35.5. The number of nitrogens with one attached hydrogen (secondary N) is 2. The average molecular weight is 339 g/mol. The lowest BCUT2D eigenvalue weighted by Gasteiger charge is -2.22. The van der Waals surface area contributed by atoms with Crippen LogP contribution < -0.4 is 10.6 Å². The van der Waals surface area contributed by atoms with Crippen LogP contribution in [0.25, 0.3) is 0 Å². The van der Waals surface area contributed by atoms with Gasteiger partial charge in [0.1, 0.15) is 0 Å². The Morgan fingerprint density at radius 1 is 1.22 bits per heavy atom. The maximum atomic E-state index is 12.1. The summed E-state index contributed by atoms with van der Waals surface area (Å²) in [6.07, 6.45) is 3.85. The largest absolute Gasteiger partial charge is 0.356 e. The van der Waals surface area contributed by atoms with Crippen LogP contribution in [-0.2, 0) is 11.2 Å². The normalized spacial score (nSPS) is 17.2. The van der Waals surface area contributed by atoms with Gasteiger partial charge in [0.25, 0.3) is 0 Å². The topological polar surface area (TPSA) is 58.2 Å². The summed E-state index contributed by atoms with van der Waals surface area (Å²) in [6.45, 7) is 4.85. The highest BCUT2D eigenvalue weighted by Crippen LogP contribution is 2.10. The number of carbonyl (C=O) groups is 2. The lowest BCUT2D eigenvalue weighted by atomic mass is 9.99. The monoisotopic (exact) mass is 338 g/mol. The third-order valence-electron chi connectivity index (χ3n) is 4.25. The number of aryl methyl sites for hydroxylation is 1. The van der Waals surface area contributed by atoms with Crippen LogP contribution in [0.3, 0.4) is 0 Å². The van der Waals surface area contributed by atoms with Crippen molar-refractivity contribution in [3.63, 3.8) is 0 Å². The molecule has 1 aliphatic rings. The van der Waals surface area contributed by atoms with Crippen LogP contribution in [0.1, 0.15) is 48.5 Å². The quantitative estimate of drug-likeness (QED) is 0.752. The molecule has 0 spiro atoms. The van der Waals surface area contributed by atoms with E-state index >= 15 is 0 Å². The molecular formula is C18H27ClN2O2. The summed E-state index contributed by atoms with van der Waals surface area (Å²) < 4.78 is 0. The molecule has 0 bridgehead atoms. The molecule has 0 aromatic heterocycles. The molecule has 0 radical (unpaired) electrons. The van der Waals surface area contributed by atoms with Crippen molar-refractivity contribution in [1.29, 1.82) is 0 Å². The number of amides is 1. The molecule has 1 atom stereocenters. The molecule has 1 aromatic rings. The van der Waals surface area contributed by atoms with Gasteiger partial charge in [0, 0.05) is 24.9 Å². The van der Waals surface area contributed by atoms with Crippen LogP contribution in [0.5, 0.6) is 0 Å².